The van der Waals surface area contributed by atoms with E-state index in [1.165, 1.54) is 4.68 Å². The number of hydrogen-bond donors (Lipinski definition) is 2. The molecule has 0 amide bonds. The molecule has 8 heteroatoms. The first-order valence-corrected chi connectivity index (χ1v) is 5.86. The predicted octanol–water partition coefficient (Wildman–Crippen LogP) is 0.641. The Bertz CT molecular complexity index is 583. The zero-order valence-electron chi connectivity index (χ0n) is 9.25. The van der Waals surface area contributed by atoms with Crippen molar-refractivity contribution >= 4 is 21.9 Å². The molecule has 7 nitrogen and oxygen atoms in total. The van der Waals surface area contributed by atoms with Crippen molar-refractivity contribution in [3.63, 3.8) is 0 Å². The van der Waals surface area contributed by atoms with Gasteiger partial charge in [-0.15, -0.1) is 5.10 Å². The van der Waals surface area contributed by atoms with Crippen LogP contribution in [0.2, 0.25) is 0 Å². The Labute approximate surface area is 111 Å². The standard InChI is InChI=1S/C10H10BrN5O2/c11-7-1-6(3-13-4-7)5-16-8(2-12)9(10(17)18)14-15-16/h1,3-4H,2,5,12H2,(H,17,18). The highest BCUT2D eigenvalue weighted by Crippen LogP contribution is 2.12. The average molecular weight is 312 g/mol. The number of carboxylic acids is 1. The Morgan fingerprint density at radius 1 is 1.50 bits per heavy atom. The fraction of sp³-hybridized carbons (Fsp3) is 0.200. The second kappa shape index (κ2) is 5.23. The van der Waals surface area contributed by atoms with Crippen molar-refractivity contribution in [3.05, 3.63) is 39.9 Å². The second-order valence-electron chi connectivity index (χ2n) is 3.56. The number of carbonyl (C=O) groups is 1. The van der Waals surface area contributed by atoms with E-state index in [0.717, 1.165) is 10.0 Å². The maximum absolute atomic E-state index is 10.9. The fourth-order valence-corrected chi connectivity index (χ4v) is 1.96. The first-order chi connectivity index (χ1) is 8.61. The summed E-state index contributed by atoms with van der Waals surface area (Å²) in [4.78, 5) is 14.9. The number of aromatic carboxylic acids is 1. The van der Waals surface area contributed by atoms with Crippen molar-refractivity contribution in [1.29, 1.82) is 0 Å². The van der Waals surface area contributed by atoms with Crippen LogP contribution in [0, 0.1) is 0 Å². The van der Waals surface area contributed by atoms with Crippen LogP contribution in [-0.4, -0.2) is 31.1 Å². The molecule has 0 aromatic carbocycles. The predicted molar refractivity (Wildman–Crippen MR) is 65.9 cm³/mol. The normalized spacial score (nSPS) is 10.6. The van der Waals surface area contributed by atoms with Crippen molar-refractivity contribution < 1.29 is 9.90 Å². The maximum atomic E-state index is 10.9. The van der Waals surface area contributed by atoms with Gasteiger partial charge in [0.2, 0.25) is 0 Å². The maximum Gasteiger partial charge on any atom is 0.358 e. The number of aromatic nitrogens is 4. The molecule has 0 aliphatic carbocycles. The van der Waals surface area contributed by atoms with E-state index in [4.69, 9.17) is 10.8 Å². The van der Waals surface area contributed by atoms with Crippen LogP contribution in [0.25, 0.3) is 0 Å². The molecule has 3 N–H and O–H groups in total. The zero-order valence-corrected chi connectivity index (χ0v) is 10.8. The fourth-order valence-electron chi connectivity index (χ4n) is 1.54. The van der Waals surface area contributed by atoms with Crippen molar-refractivity contribution in [2.24, 2.45) is 5.73 Å². The summed E-state index contributed by atoms with van der Waals surface area (Å²) >= 11 is 3.31. The lowest BCUT2D eigenvalue weighted by Crippen LogP contribution is -2.13. The molecule has 94 valence electrons. The lowest BCUT2D eigenvalue weighted by molar-refractivity contribution is 0.0689. The van der Waals surface area contributed by atoms with E-state index in [9.17, 15) is 4.79 Å². The molecular formula is C10H10BrN5O2. The molecule has 0 atom stereocenters. The van der Waals surface area contributed by atoms with Gasteiger partial charge < -0.3 is 10.8 Å². The summed E-state index contributed by atoms with van der Waals surface area (Å²) in [7, 11) is 0. The highest BCUT2D eigenvalue weighted by molar-refractivity contribution is 9.10. The first-order valence-electron chi connectivity index (χ1n) is 5.07. The number of nitrogens with zero attached hydrogens (tertiary/aromatic N) is 4. The third kappa shape index (κ3) is 2.54. The molecule has 2 aromatic rings. The summed E-state index contributed by atoms with van der Waals surface area (Å²) < 4.78 is 2.31. The number of halogens is 1. The van der Waals surface area contributed by atoms with Gasteiger partial charge in [0.05, 0.1) is 12.2 Å². The van der Waals surface area contributed by atoms with Crippen LogP contribution in [0.1, 0.15) is 21.7 Å². The van der Waals surface area contributed by atoms with Gasteiger partial charge >= 0.3 is 5.97 Å². The third-order valence-corrected chi connectivity index (χ3v) is 2.76. The van der Waals surface area contributed by atoms with Crippen molar-refractivity contribution in [2.75, 3.05) is 0 Å². The van der Waals surface area contributed by atoms with Crippen LogP contribution in [0.15, 0.2) is 22.9 Å². The molecule has 0 unspecified atom stereocenters. The van der Waals surface area contributed by atoms with Gasteiger partial charge in [-0.25, -0.2) is 9.48 Å². The highest BCUT2D eigenvalue weighted by atomic mass is 79.9. The Hall–Kier alpha value is -1.80. The number of hydrogen-bond acceptors (Lipinski definition) is 5. The van der Waals surface area contributed by atoms with E-state index in [1.807, 2.05) is 6.07 Å². The van der Waals surface area contributed by atoms with E-state index in [-0.39, 0.29) is 12.2 Å². The van der Waals surface area contributed by atoms with Gasteiger partial charge in [0.15, 0.2) is 5.69 Å². The summed E-state index contributed by atoms with van der Waals surface area (Å²) in [6.07, 6.45) is 3.34. The van der Waals surface area contributed by atoms with E-state index in [1.54, 1.807) is 12.4 Å². The van der Waals surface area contributed by atoms with Gasteiger partial charge in [0.1, 0.15) is 0 Å². The molecule has 0 fully saturated rings. The number of pyridine rings is 1. The van der Waals surface area contributed by atoms with Gasteiger partial charge in [-0.05, 0) is 27.6 Å². The van der Waals surface area contributed by atoms with Crippen LogP contribution in [0.3, 0.4) is 0 Å². The van der Waals surface area contributed by atoms with Crippen LogP contribution in [0.4, 0.5) is 0 Å². The minimum absolute atomic E-state index is 0.0655. The lowest BCUT2D eigenvalue weighted by atomic mass is 10.2. The smallest absolute Gasteiger partial charge is 0.358 e. The Kier molecular flexibility index (Phi) is 3.68. The zero-order chi connectivity index (χ0) is 13.1. The summed E-state index contributed by atoms with van der Waals surface area (Å²) in [6.45, 7) is 0.440. The number of nitrogens with two attached hydrogens (primary N) is 1. The minimum Gasteiger partial charge on any atom is -0.476 e. The molecule has 18 heavy (non-hydrogen) atoms. The molecule has 0 radical (unpaired) electrons. The van der Waals surface area contributed by atoms with Crippen LogP contribution < -0.4 is 5.73 Å². The molecule has 2 heterocycles. The molecule has 0 saturated heterocycles. The summed E-state index contributed by atoms with van der Waals surface area (Å²) in [6, 6.07) is 1.87. The molecule has 0 aliphatic heterocycles. The van der Waals surface area contributed by atoms with Gasteiger partial charge in [-0.2, -0.15) is 0 Å². The molecule has 2 rings (SSSR count). The van der Waals surface area contributed by atoms with E-state index < -0.39 is 5.97 Å². The van der Waals surface area contributed by atoms with Crippen LogP contribution in [-0.2, 0) is 13.1 Å². The molecule has 0 bridgehead atoms. The summed E-state index contributed by atoms with van der Waals surface area (Å²) in [5, 5.41) is 16.3. The molecule has 2 aromatic heterocycles. The molecule has 0 spiro atoms. The number of carboxylic acid groups (broad SMARTS) is 1. The Balaban J connectivity index is 2.32. The topological polar surface area (TPSA) is 107 Å². The van der Waals surface area contributed by atoms with Crippen molar-refractivity contribution in [3.8, 4) is 0 Å². The van der Waals surface area contributed by atoms with Gasteiger partial charge in [-0.1, -0.05) is 5.21 Å². The van der Waals surface area contributed by atoms with Crippen LogP contribution in [0.5, 0.6) is 0 Å². The molecule has 0 saturated carbocycles. The second-order valence-corrected chi connectivity index (χ2v) is 4.48. The number of rotatable bonds is 4. The summed E-state index contributed by atoms with van der Waals surface area (Å²) in [5.74, 6) is -1.13. The summed E-state index contributed by atoms with van der Waals surface area (Å²) in [5.41, 5.74) is 6.68. The van der Waals surface area contributed by atoms with Crippen molar-refractivity contribution in [1.82, 2.24) is 20.0 Å². The Morgan fingerprint density at radius 3 is 2.89 bits per heavy atom. The first kappa shape index (κ1) is 12.7. The van der Waals surface area contributed by atoms with Gasteiger partial charge in [-0.3, -0.25) is 4.98 Å². The van der Waals surface area contributed by atoms with E-state index in [2.05, 4.69) is 31.2 Å². The van der Waals surface area contributed by atoms with E-state index >= 15 is 0 Å². The minimum atomic E-state index is -1.13. The van der Waals surface area contributed by atoms with Crippen LogP contribution >= 0.6 is 15.9 Å². The largest absolute Gasteiger partial charge is 0.476 e. The van der Waals surface area contributed by atoms with Gasteiger partial charge in [0.25, 0.3) is 0 Å². The van der Waals surface area contributed by atoms with E-state index in [0.29, 0.717) is 12.2 Å². The SMILES string of the molecule is NCc1c(C(=O)O)nnn1Cc1cncc(Br)c1. The molecular weight excluding hydrogens is 302 g/mol. The Morgan fingerprint density at radius 2 is 2.28 bits per heavy atom. The lowest BCUT2D eigenvalue weighted by Gasteiger charge is -2.05. The van der Waals surface area contributed by atoms with Gasteiger partial charge in [0, 0.05) is 23.4 Å². The quantitative estimate of drug-likeness (QED) is 0.858. The third-order valence-electron chi connectivity index (χ3n) is 2.33. The monoisotopic (exact) mass is 311 g/mol. The average Bonchev–Trinajstić information content (AvgIpc) is 2.72. The van der Waals surface area contributed by atoms with Crippen molar-refractivity contribution in [2.45, 2.75) is 13.1 Å². The highest BCUT2D eigenvalue weighted by Gasteiger charge is 2.17. The molecule has 0 aliphatic rings.